The van der Waals surface area contributed by atoms with Gasteiger partial charge in [-0.15, -0.1) is 0 Å². The highest BCUT2D eigenvalue weighted by atomic mass is 16.3. The van der Waals surface area contributed by atoms with E-state index in [4.69, 9.17) is 0 Å². The molecule has 1 N–H and O–H groups in total. The molecule has 0 saturated heterocycles. The monoisotopic (exact) mass is 194 g/mol. The molecule has 1 aromatic rings. The zero-order valence-electron chi connectivity index (χ0n) is 7.99. The molecule has 75 valence electrons. The van der Waals surface area contributed by atoms with Crippen molar-refractivity contribution in [3.05, 3.63) is 18.1 Å². The van der Waals surface area contributed by atoms with Gasteiger partial charge in [0.2, 0.25) is 0 Å². The van der Waals surface area contributed by atoms with Crippen molar-refractivity contribution in [2.75, 3.05) is 6.54 Å². The largest absolute Gasteiger partial charge is 0.351 e. The van der Waals surface area contributed by atoms with E-state index >= 15 is 0 Å². The van der Waals surface area contributed by atoms with E-state index in [0.29, 0.717) is 6.54 Å². The Kier molecular flexibility index (Phi) is 3.84. The Labute approximate surface area is 82.2 Å². The molecule has 0 saturated carbocycles. The predicted octanol–water partition coefficient (Wildman–Crippen LogP) is 1.15. The second kappa shape index (κ2) is 5.16. The lowest BCUT2D eigenvalue weighted by atomic mass is 10.3. The summed E-state index contributed by atoms with van der Waals surface area (Å²) in [7, 11) is 0. The number of carbonyl (C=O) groups is 1. The van der Waals surface area contributed by atoms with Crippen molar-refractivity contribution in [2.45, 2.75) is 19.8 Å². The minimum Gasteiger partial charge on any atom is -0.351 e. The third kappa shape index (κ3) is 3.01. The molecule has 0 aliphatic carbocycles. The number of hydrogen-bond acceptors (Lipinski definition) is 3. The lowest BCUT2D eigenvalue weighted by Gasteiger charge is -2.02. The molecule has 0 spiro atoms. The third-order valence-corrected chi connectivity index (χ3v) is 1.66. The van der Waals surface area contributed by atoms with Crippen LogP contribution in [0.25, 0.3) is 0 Å². The van der Waals surface area contributed by atoms with E-state index < -0.39 is 5.88 Å². The average Bonchev–Trinajstić information content (AvgIpc) is 2.18. The lowest BCUT2D eigenvalue weighted by Crippen LogP contribution is -2.25. The summed E-state index contributed by atoms with van der Waals surface area (Å²) in [6.45, 7) is 2.63. The topological polar surface area (TPSA) is 74.8 Å². The number of hydrogen-bond donors (Lipinski definition) is 1. The summed E-state index contributed by atoms with van der Waals surface area (Å²) in [5.74, 6) is -0.836. The first-order chi connectivity index (χ1) is 6.74. The van der Waals surface area contributed by atoms with E-state index in [1.807, 2.05) is 6.92 Å². The molecule has 1 aromatic heterocycles. The maximum atomic E-state index is 11.3. The molecule has 0 fully saturated rings. The van der Waals surface area contributed by atoms with E-state index in [1.54, 1.807) is 0 Å². The van der Waals surface area contributed by atoms with Gasteiger partial charge in [0.05, 0.1) is 12.4 Å². The highest BCUT2D eigenvalue weighted by Gasteiger charge is 2.07. The average molecular weight is 194 g/mol. The Morgan fingerprint density at radius 1 is 1.50 bits per heavy atom. The van der Waals surface area contributed by atoms with Gasteiger partial charge in [-0.3, -0.25) is 14.9 Å². The van der Waals surface area contributed by atoms with E-state index in [2.05, 4.69) is 15.3 Å². The van der Waals surface area contributed by atoms with Gasteiger partial charge in [-0.25, -0.2) is 4.98 Å². The SMILES string of the molecule is CCCCNC(=O)c1cncc([O])n1. The van der Waals surface area contributed by atoms with E-state index in [1.165, 1.54) is 6.20 Å². The van der Waals surface area contributed by atoms with Gasteiger partial charge in [-0.2, -0.15) is 0 Å². The number of rotatable bonds is 4. The third-order valence-electron chi connectivity index (χ3n) is 1.66. The van der Waals surface area contributed by atoms with Crippen molar-refractivity contribution < 1.29 is 9.90 Å². The fourth-order valence-corrected chi connectivity index (χ4v) is 0.927. The van der Waals surface area contributed by atoms with Crippen LogP contribution in [0.4, 0.5) is 0 Å². The molecule has 14 heavy (non-hydrogen) atoms. The minimum atomic E-state index is -0.492. The normalized spacial score (nSPS) is 9.79. The molecule has 5 nitrogen and oxygen atoms in total. The van der Waals surface area contributed by atoms with Gasteiger partial charge in [0.15, 0.2) is 5.69 Å². The fraction of sp³-hybridized carbons (Fsp3) is 0.444. The van der Waals surface area contributed by atoms with Crippen molar-refractivity contribution in [1.82, 2.24) is 15.3 Å². The highest BCUT2D eigenvalue weighted by Crippen LogP contribution is 2.02. The summed E-state index contributed by atoms with van der Waals surface area (Å²) in [4.78, 5) is 18.4. The first kappa shape index (κ1) is 10.4. The van der Waals surface area contributed by atoms with E-state index in [0.717, 1.165) is 19.0 Å². The molecule has 0 unspecified atom stereocenters. The molecular weight excluding hydrogens is 182 g/mol. The Morgan fingerprint density at radius 2 is 2.29 bits per heavy atom. The molecule has 1 rings (SSSR count). The lowest BCUT2D eigenvalue weighted by molar-refractivity contribution is 0.0946. The maximum Gasteiger partial charge on any atom is 0.288 e. The Morgan fingerprint density at radius 3 is 2.93 bits per heavy atom. The van der Waals surface area contributed by atoms with Gasteiger partial charge >= 0.3 is 0 Å². The summed E-state index contributed by atoms with van der Waals surface area (Å²) in [6, 6.07) is 0. The molecule has 0 bridgehead atoms. The second-order valence-electron chi connectivity index (χ2n) is 2.85. The van der Waals surface area contributed by atoms with Crippen LogP contribution in [0.1, 0.15) is 30.3 Å². The first-order valence-corrected chi connectivity index (χ1v) is 4.51. The van der Waals surface area contributed by atoms with Crippen LogP contribution in [-0.2, 0) is 5.11 Å². The van der Waals surface area contributed by atoms with Gasteiger partial charge in [0.25, 0.3) is 11.8 Å². The Balaban J connectivity index is 2.52. The van der Waals surface area contributed by atoms with Gasteiger partial charge in [0.1, 0.15) is 0 Å². The molecular formula is C9H12N3O2. The van der Waals surface area contributed by atoms with E-state index in [-0.39, 0.29) is 11.6 Å². The van der Waals surface area contributed by atoms with Gasteiger partial charge < -0.3 is 5.32 Å². The molecule has 0 aliphatic rings. The number of amides is 1. The summed E-state index contributed by atoms with van der Waals surface area (Å²) < 4.78 is 0. The number of aromatic nitrogens is 2. The predicted molar refractivity (Wildman–Crippen MR) is 49.4 cm³/mol. The molecule has 0 aliphatic heterocycles. The smallest absolute Gasteiger partial charge is 0.288 e. The van der Waals surface area contributed by atoms with Crippen LogP contribution in [-0.4, -0.2) is 22.4 Å². The standard InChI is InChI=1S/C9H12N3O2/c1-2-3-4-11-9(14)7-5-10-6-8(13)12-7/h5-6H,2-4H2,1H3,(H,11,14). The molecule has 0 atom stereocenters. The molecule has 1 heterocycles. The zero-order chi connectivity index (χ0) is 10.4. The summed E-state index contributed by atoms with van der Waals surface area (Å²) >= 11 is 0. The van der Waals surface area contributed by atoms with Crippen molar-refractivity contribution in [3.63, 3.8) is 0 Å². The number of nitrogens with one attached hydrogen (secondary N) is 1. The van der Waals surface area contributed by atoms with Gasteiger partial charge in [-0.1, -0.05) is 13.3 Å². The quantitative estimate of drug-likeness (QED) is 0.730. The Hall–Kier alpha value is -1.65. The summed E-state index contributed by atoms with van der Waals surface area (Å²) in [6.07, 6.45) is 4.27. The summed E-state index contributed by atoms with van der Waals surface area (Å²) in [5, 5.41) is 13.4. The van der Waals surface area contributed by atoms with Crippen LogP contribution < -0.4 is 5.32 Å². The van der Waals surface area contributed by atoms with Crippen molar-refractivity contribution >= 4 is 5.91 Å². The van der Waals surface area contributed by atoms with E-state index in [9.17, 15) is 9.90 Å². The first-order valence-electron chi connectivity index (χ1n) is 4.51. The van der Waals surface area contributed by atoms with Crippen molar-refractivity contribution in [1.29, 1.82) is 0 Å². The summed E-state index contributed by atoms with van der Waals surface area (Å²) in [5.41, 5.74) is 0.0774. The van der Waals surface area contributed by atoms with Crippen LogP contribution >= 0.6 is 0 Å². The Bertz CT molecular complexity index is 315. The van der Waals surface area contributed by atoms with Crippen LogP contribution in [0.3, 0.4) is 0 Å². The second-order valence-corrected chi connectivity index (χ2v) is 2.85. The molecule has 0 aromatic carbocycles. The number of nitrogens with zero attached hydrogens (tertiary/aromatic N) is 2. The fourth-order valence-electron chi connectivity index (χ4n) is 0.927. The van der Waals surface area contributed by atoms with Crippen molar-refractivity contribution in [2.24, 2.45) is 0 Å². The minimum absolute atomic E-state index is 0.0774. The van der Waals surface area contributed by atoms with Gasteiger partial charge in [-0.05, 0) is 6.42 Å². The van der Waals surface area contributed by atoms with Gasteiger partial charge in [0, 0.05) is 6.54 Å². The molecule has 5 heteroatoms. The van der Waals surface area contributed by atoms with Crippen LogP contribution in [0.5, 0.6) is 5.88 Å². The maximum absolute atomic E-state index is 11.3. The number of unbranched alkanes of at least 4 members (excludes halogenated alkanes) is 1. The van der Waals surface area contributed by atoms with Crippen molar-refractivity contribution in [3.8, 4) is 5.88 Å². The molecule has 1 radical (unpaired) electrons. The van der Waals surface area contributed by atoms with Crippen LogP contribution in [0.2, 0.25) is 0 Å². The molecule has 1 amide bonds. The highest BCUT2D eigenvalue weighted by molar-refractivity contribution is 5.91. The van der Waals surface area contributed by atoms with Crippen LogP contribution in [0, 0.1) is 0 Å². The number of carbonyl (C=O) groups excluding carboxylic acids is 1. The van der Waals surface area contributed by atoms with Crippen LogP contribution in [0.15, 0.2) is 12.4 Å². The zero-order valence-corrected chi connectivity index (χ0v) is 7.99.